The average Bonchev–Trinajstić information content (AvgIpc) is 2.70. The number of hydrogen-bond donors (Lipinski definition) is 1. The van der Waals surface area contributed by atoms with Gasteiger partial charge >= 0.3 is 5.69 Å². The summed E-state index contributed by atoms with van der Waals surface area (Å²) in [5.74, 6) is -0.495. The normalized spacial score (nSPS) is 11.4. The largest absolute Gasteiger partial charge is 0.493 e. The second-order valence-corrected chi connectivity index (χ2v) is 5.82. The zero-order chi connectivity index (χ0) is 20.0. The number of carbonyl (C=O) groups excluding carboxylic acids is 1. The highest BCUT2D eigenvalue weighted by molar-refractivity contribution is 6.00. The van der Waals surface area contributed by atoms with Crippen LogP contribution in [0.15, 0.2) is 36.4 Å². The average molecular weight is 374 g/mol. The van der Waals surface area contributed by atoms with E-state index in [1.54, 1.807) is 0 Å². The van der Waals surface area contributed by atoms with Gasteiger partial charge in [0, 0.05) is 12.6 Å². The van der Waals surface area contributed by atoms with Gasteiger partial charge in [0.2, 0.25) is 11.5 Å². The number of carbonyl (C=O) groups is 1. The minimum atomic E-state index is -0.670. The molecule has 2 aromatic rings. The summed E-state index contributed by atoms with van der Waals surface area (Å²) in [5, 5.41) is 14.3. The molecule has 1 N–H and O–H groups in total. The minimum absolute atomic E-state index is 0.0382. The molecule has 8 nitrogen and oxygen atoms in total. The third-order valence-electron chi connectivity index (χ3n) is 4.17. The van der Waals surface area contributed by atoms with Gasteiger partial charge in [-0.2, -0.15) is 0 Å². The van der Waals surface area contributed by atoms with Crippen LogP contribution in [0.3, 0.4) is 0 Å². The molecule has 0 heterocycles. The quantitative estimate of drug-likeness (QED) is 0.563. The van der Waals surface area contributed by atoms with Gasteiger partial charge in [0.25, 0.3) is 5.91 Å². The van der Waals surface area contributed by atoms with Gasteiger partial charge in [-0.05, 0) is 11.5 Å². The molecule has 27 heavy (non-hydrogen) atoms. The topological polar surface area (TPSA) is 99.9 Å². The van der Waals surface area contributed by atoms with Gasteiger partial charge in [0.15, 0.2) is 5.75 Å². The first kappa shape index (κ1) is 20.0. The summed E-state index contributed by atoms with van der Waals surface area (Å²) < 4.78 is 15.5. The number of nitro benzene ring substituents is 1. The molecule has 144 valence electrons. The third-order valence-corrected chi connectivity index (χ3v) is 4.17. The van der Waals surface area contributed by atoms with Crippen LogP contribution < -0.4 is 19.5 Å². The van der Waals surface area contributed by atoms with E-state index in [1.165, 1.54) is 27.4 Å². The molecule has 0 aliphatic rings. The Kier molecular flexibility index (Phi) is 6.59. The van der Waals surface area contributed by atoms with Crippen LogP contribution >= 0.6 is 0 Å². The Labute approximate surface area is 157 Å². The molecule has 1 atom stereocenters. The van der Waals surface area contributed by atoms with Gasteiger partial charge in [-0.15, -0.1) is 0 Å². The second kappa shape index (κ2) is 8.88. The molecule has 0 unspecified atom stereocenters. The van der Waals surface area contributed by atoms with E-state index < -0.39 is 16.5 Å². The van der Waals surface area contributed by atoms with Crippen LogP contribution in [0, 0.1) is 10.1 Å². The fraction of sp³-hybridized carbons (Fsp3) is 0.316. The van der Waals surface area contributed by atoms with Crippen molar-refractivity contribution < 1.29 is 23.9 Å². The lowest BCUT2D eigenvalue weighted by atomic mass is 10.0. The van der Waals surface area contributed by atoms with Crippen LogP contribution in [0.4, 0.5) is 5.69 Å². The molecule has 0 bridgehead atoms. The van der Waals surface area contributed by atoms with Crippen molar-refractivity contribution in [3.8, 4) is 17.2 Å². The van der Waals surface area contributed by atoms with Crippen LogP contribution in [0.2, 0.25) is 0 Å². The Morgan fingerprint density at radius 3 is 2.26 bits per heavy atom. The lowest BCUT2D eigenvalue weighted by Crippen LogP contribution is -2.28. The molecule has 2 aromatic carbocycles. The smallest absolute Gasteiger partial charge is 0.327 e. The van der Waals surface area contributed by atoms with E-state index in [9.17, 15) is 14.9 Å². The summed E-state index contributed by atoms with van der Waals surface area (Å²) in [6.07, 6.45) is 0. The molecule has 2 rings (SSSR count). The zero-order valence-electron chi connectivity index (χ0n) is 15.6. The summed E-state index contributed by atoms with van der Waals surface area (Å²) in [7, 11) is 3.98. The van der Waals surface area contributed by atoms with Crippen LogP contribution in [0.1, 0.15) is 28.8 Å². The van der Waals surface area contributed by atoms with E-state index in [2.05, 4.69) is 5.32 Å². The van der Waals surface area contributed by atoms with Gasteiger partial charge < -0.3 is 19.5 Å². The Morgan fingerprint density at radius 1 is 1.11 bits per heavy atom. The first-order valence-corrected chi connectivity index (χ1v) is 8.25. The molecule has 0 saturated heterocycles. The maximum atomic E-state index is 12.7. The summed E-state index contributed by atoms with van der Waals surface area (Å²) in [6.45, 7) is 2.27. The van der Waals surface area contributed by atoms with Crippen molar-refractivity contribution in [1.82, 2.24) is 5.32 Å². The molecule has 0 spiro atoms. The standard InChI is InChI=1S/C19H22N2O6/c1-12(13-8-6-5-7-9-13)11-20-19(22)14-10-15(25-2)17(26-3)18(27-4)16(14)21(23)24/h5-10,12H,11H2,1-4H3,(H,20,22)/t12-/m0/s1. The predicted octanol–water partition coefficient (Wildman–Crippen LogP) is 3.15. The number of ether oxygens (including phenoxy) is 3. The van der Waals surface area contributed by atoms with Gasteiger partial charge in [-0.1, -0.05) is 37.3 Å². The first-order chi connectivity index (χ1) is 12.9. The predicted molar refractivity (Wildman–Crippen MR) is 99.9 cm³/mol. The second-order valence-electron chi connectivity index (χ2n) is 5.82. The van der Waals surface area contributed by atoms with E-state index in [0.717, 1.165) is 5.56 Å². The van der Waals surface area contributed by atoms with Crippen molar-refractivity contribution in [1.29, 1.82) is 0 Å². The molecule has 1 amide bonds. The van der Waals surface area contributed by atoms with Crippen molar-refractivity contribution in [2.24, 2.45) is 0 Å². The monoisotopic (exact) mass is 374 g/mol. The molecular formula is C19H22N2O6. The third kappa shape index (κ3) is 4.28. The van der Waals surface area contributed by atoms with Gasteiger partial charge in [0.1, 0.15) is 5.56 Å². The van der Waals surface area contributed by atoms with E-state index in [-0.39, 0.29) is 28.7 Å². The molecule has 8 heteroatoms. The number of nitro groups is 1. The van der Waals surface area contributed by atoms with Crippen molar-refractivity contribution in [3.05, 3.63) is 57.6 Å². The lowest BCUT2D eigenvalue weighted by Gasteiger charge is -2.16. The molecule has 0 saturated carbocycles. The van der Waals surface area contributed by atoms with Crippen LogP contribution in [0.25, 0.3) is 0 Å². The Balaban J connectivity index is 2.35. The number of nitrogens with zero attached hydrogens (tertiary/aromatic N) is 1. The van der Waals surface area contributed by atoms with Gasteiger partial charge in [-0.25, -0.2) is 0 Å². The van der Waals surface area contributed by atoms with Crippen molar-refractivity contribution in [2.45, 2.75) is 12.8 Å². The fourth-order valence-corrected chi connectivity index (χ4v) is 2.74. The Hall–Kier alpha value is -3.29. The lowest BCUT2D eigenvalue weighted by molar-refractivity contribution is -0.386. The van der Waals surface area contributed by atoms with Crippen LogP contribution in [-0.2, 0) is 0 Å². The number of rotatable bonds is 8. The summed E-state index contributed by atoms with van der Waals surface area (Å²) in [6, 6.07) is 10.9. The maximum Gasteiger partial charge on any atom is 0.327 e. The Morgan fingerprint density at radius 2 is 1.74 bits per heavy atom. The van der Waals surface area contributed by atoms with E-state index in [0.29, 0.717) is 6.54 Å². The zero-order valence-corrected chi connectivity index (χ0v) is 15.6. The first-order valence-electron chi connectivity index (χ1n) is 8.25. The summed E-state index contributed by atoms with van der Waals surface area (Å²) in [4.78, 5) is 23.6. The molecule has 0 aliphatic carbocycles. The van der Waals surface area contributed by atoms with Crippen molar-refractivity contribution >= 4 is 11.6 Å². The van der Waals surface area contributed by atoms with Gasteiger partial charge in [0.05, 0.1) is 26.3 Å². The van der Waals surface area contributed by atoms with E-state index in [1.807, 2.05) is 37.3 Å². The van der Waals surface area contributed by atoms with E-state index in [4.69, 9.17) is 14.2 Å². The minimum Gasteiger partial charge on any atom is -0.493 e. The Bertz CT molecular complexity index is 823. The summed E-state index contributed by atoms with van der Waals surface area (Å²) >= 11 is 0. The SMILES string of the molecule is COc1cc(C(=O)NC[C@H](C)c2ccccc2)c([N+](=O)[O-])c(OC)c1OC. The van der Waals surface area contributed by atoms with Crippen LogP contribution in [-0.4, -0.2) is 38.7 Å². The van der Waals surface area contributed by atoms with Gasteiger partial charge in [-0.3, -0.25) is 14.9 Å². The number of hydrogen-bond acceptors (Lipinski definition) is 6. The highest BCUT2D eigenvalue weighted by Crippen LogP contribution is 2.46. The molecular weight excluding hydrogens is 352 g/mol. The number of amides is 1. The molecule has 0 aliphatic heterocycles. The highest BCUT2D eigenvalue weighted by Gasteiger charge is 2.32. The summed E-state index contributed by atoms with van der Waals surface area (Å²) in [5.41, 5.74) is 0.423. The molecule has 0 aromatic heterocycles. The van der Waals surface area contributed by atoms with Crippen molar-refractivity contribution in [2.75, 3.05) is 27.9 Å². The van der Waals surface area contributed by atoms with Crippen LogP contribution in [0.5, 0.6) is 17.2 Å². The molecule has 0 radical (unpaired) electrons. The number of methoxy groups -OCH3 is 3. The number of benzene rings is 2. The van der Waals surface area contributed by atoms with E-state index >= 15 is 0 Å². The number of nitrogens with one attached hydrogen (secondary N) is 1. The molecule has 0 fully saturated rings. The fourth-order valence-electron chi connectivity index (χ4n) is 2.74. The maximum absolute atomic E-state index is 12.7. The highest BCUT2D eigenvalue weighted by atomic mass is 16.6. The van der Waals surface area contributed by atoms with Crippen molar-refractivity contribution in [3.63, 3.8) is 0 Å².